The van der Waals surface area contributed by atoms with E-state index in [0.717, 1.165) is 11.0 Å². The number of fused-ring (bicyclic) bond motifs is 1. The third-order valence-electron chi connectivity index (χ3n) is 2.26. The molecule has 0 aliphatic carbocycles. The molecular weight excluding hydrogens is 218 g/mol. The van der Waals surface area contributed by atoms with E-state index in [-0.39, 0.29) is 5.91 Å². The number of H-pyrrole nitrogens is 1. The molecule has 0 unspecified atom stereocenters. The minimum atomic E-state index is -0.248. The summed E-state index contributed by atoms with van der Waals surface area (Å²) >= 11 is 0. The summed E-state index contributed by atoms with van der Waals surface area (Å²) in [6.07, 6.45) is 1.60. The zero-order valence-electron chi connectivity index (χ0n) is 9.86. The lowest BCUT2D eigenvalue weighted by Crippen LogP contribution is -2.25. The molecule has 2 N–H and O–H groups in total. The monoisotopic (exact) mass is 233 g/mol. The number of hydroxylamine groups is 1. The Morgan fingerprint density at radius 2 is 2.35 bits per heavy atom. The Morgan fingerprint density at radius 3 is 3.12 bits per heavy atom. The van der Waals surface area contributed by atoms with Gasteiger partial charge < -0.3 is 4.98 Å². The highest BCUT2D eigenvalue weighted by Crippen LogP contribution is 2.11. The summed E-state index contributed by atoms with van der Waals surface area (Å²) in [6.45, 7) is 4.53. The zero-order chi connectivity index (χ0) is 12.3. The van der Waals surface area contributed by atoms with E-state index in [1.165, 1.54) is 0 Å². The molecule has 1 aromatic heterocycles. The van der Waals surface area contributed by atoms with E-state index in [4.69, 9.17) is 4.84 Å². The molecule has 5 nitrogen and oxygen atoms in total. The predicted molar refractivity (Wildman–Crippen MR) is 64.3 cm³/mol. The largest absolute Gasteiger partial charge is 0.345 e. The van der Waals surface area contributed by atoms with Crippen LogP contribution in [0.15, 0.2) is 24.5 Å². The molecular formula is C12H15N3O2. The maximum Gasteiger partial charge on any atom is 0.274 e. The quantitative estimate of drug-likeness (QED) is 0.792. The second-order valence-corrected chi connectivity index (χ2v) is 4.27. The molecule has 1 amide bonds. The Morgan fingerprint density at radius 1 is 1.53 bits per heavy atom. The fourth-order valence-corrected chi connectivity index (χ4v) is 1.41. The highest BCUT2D eigenvalue weighted by Gasteiger charge is 2.07. The molecule has 0 radical (unpaired) electrons. The van der Waals surface area contributed by atoms with Gasteiger partial charge in [0.25, 0.3) is 5.91 Å². The van der Waals surface area contributed by atoms with Gasteiger partial charge in [-0.3, -0.25) is 9.63 Å². The molecule has 5 heteroatoms. The van der Waals surface area contributed by atoms with Crippen LogP contribution in [0.4, 0.5) is 0 Å². The standard InChI is InChI=1S/C12H15N3O2/c1-8(2)6-17-15-12(16)9-3-4-10-11(5-9)14-7-13-10/h3-5,7-8H,6H2,1-2H3,(H,13,14)(H,15,16). The number of imidazole rings is 1. The molecule has 0 spiro atoms. The van der Waals surface area contributed by atoms with Crippen molar-refractivity contribution in [3.63, 3.8) is 0 Å². The smallest absolute Gasteiger partial charge is 0.274 e. The van der Waals surface area contributed by atoms with Gasteiger partial charge in [-0.05, 0) is 24.1 Å². The third kappa shape index (κ3) is 2.82. The lowest BCUT2D eigenvalue weighted by molar-refractivity contribution is 0.0209. The maximum atomic E-state index is 11.7. The first kappa shape index (κ1) is 11.6. The van der Waals surface area contributed by atoms with Crippen LogP contribution in [-0.4, -0.2) is 22.5 Å². The van der Waals surface area contributed by atoms with Crippen LogP contribution in [0, 0.1) is 5.92 Å². The number of aromatic nitrogens is 2. The second kappa shape index (κ2) is 4.97. The molecule has 2 aromatic rings. The number of carbonyl (C=O) groups excluding carboxylic acids is 1. The molecule has 0 atom stereocenters. The van der Waals surface area contributed by atoms with Crippen molar-refractivity contribution in [2.24, 2.45) is 5.92 Å². The fraction of sp³-hybridized carbons (Fsp3) is 0.333. The molecule has 90 valence electrons. The van der Waals surface area contributed by atoms with Gasteiger partial charge in [-0.1, -0.05) is 13.8 Å². The molecule has 0 saturated carbocycles. The van der Waals surface area contributed by atoms with Crippen molar-refractivity contribution < 1.29 is 9.63 Å². The van der Waals surface area contributed by atoms with Crippen LogP contribution < -0.4 is 5.48 Å². The molecule has 1 aromatic carbocycles. The van der Waals surface area contributed by atoms with E-state index in [1.807, 2.05) is 13.8 Å². The van der Waals surface area contributed by atoms with Gasteiger partial charge in [-0.2, -0.15) is 0 Å². The first-order chi connectivity index (χ1) is 8.16. The van der Waals surface area contributed by atoms with E-state index in [0.29, 0.717) is 18.1 Å². The van der Waals surface area contributed by atoms with Crippen molar-refractivity contribution in [2.75, 3.05) is 6.61 Å². The molecule has 0 saturated heterocycles. The van der Waals surface area contributed by atoms with Crippen molar-refractivity contribution in [2.45, 2.75) is 13.8 Å². The third-order valence-corrected chi connectivity index (χ3v) is 2.26. The van der Waals surface area contributed by atoms with Crippen molar-refractivity contribution in [1.82, 2.24) is 15.4 Å². The summed E-state index contributed by atoms with van der Waals surface area (Å²) in [7, 11) is 0. The molecule has 0 fully saturated rings. The predicted octanol–water partition coefficient (Wildman–Crippen LogP) is 1.88. The van der Waals surface area contributed by atoms with Gasteiger partial charge in [0.1, 0.15) is 0 Å². The number of nitrogens with one attached hydrogen (secondary N) is 2. The minimum absolute atomic E-state index is 0.248. The Kier molecular flexibility index (Phi) is 3.39. The first-order valence-electron chi connectivity index (χ1n) is 5.52. The lowest BCUT2D eigenvalue weighted by Gasteiger charge is -2.07. The molecule has 0 aliphatic heterocycles. The van der Waals surface area contributed by atoms with E-state index in [1.54, 1.807) is 24.5 Å². The van der Waals surface area contributed by atoms with Crippen molar-refractivity contribution in [3.05, 3.63) is 30.1 Å². The van der Waals surface area contributed by atoms with Crippen LogP contribution >= 0.6 is 0 Å². The summed E-state index contributed by atoms with van der Waals surface area (Å²) in [6, 6.07) is 5.26. The van der Waals surface area contributed by atoms with E-state index >= 15 is 0 Å². The van der Waals surface area contributed by atoms with Crippen molar-refractivity contribution in [1.29, 1.82) is 0 Å². The van der Waals surface area contributed by atoms with Gasteiger partial charge in [0.2, 0.25) is 0 Å². The summed E-state index contributed by atoms with van der Waals surface area (Å²) in [5, 5.41) is 0. The number of rotatable bonds is 4. The number of aromatic amines is 1. The van der Waals surface area contributed by atoms with Gasteiger partial charge in [-0.15, -0.1) is 0 Å². The molecule has 0 aliphatic rings. The van der Waals surface area contributed by atoms with Crippen LogP contribution in [0.3, 0.4) is 0 Å². The Hall–Kier alpha value is -1.88. The Balaban J connectivity index is 2.03. The van der Waals surface area contributed by atoms with Gasteiger partial charge in [0, 0.05) is 5.56 Å². The molecule has 1 heterocycles. The number of carbonyl (C=O) groups is 1. The summed E-state index contributed by atoms with van der Waals surface area (Å²) < 4.78 is 0. The normalized spacial score (nSPS) is 11.0. The maximum absolute atomic E-state index is 11.7. The van der Waals surface area contributed by atoms with E-state index in [2.05, 4.69) is 15.4 Å². The first-order valence-corrected chi connectivity index (χ1v) is 5.52. The van der Waals surface area contributed by atoms with Crippen LogP contribution in [-0.2, 0) is 4.84 Å². The van der Waals surface area contributed by atoms with Gasteiger partial charge in [-0.25, -0.2) is 10.5 Å². The molecule has 17 heavy (non-hydrogen) atoms. The number of benzene rings is 1. The summed E-state index contributed by atoms with van der Waals surface area (Å²) in [5.41, 5.74) is 4.63. The average molecular weight is 233 g/mol. The zero-order valence-corrected chi connectivity index (χ0v) is 9.86. The van der Waals surface area contributed by atoms with Crippen LogP contribution in [0.5, 0.6) is 0 Å². The summed E-state index contributed by atoms with van der Waals surface area (Å²) in [4.78, 5) is 23.8. The highest BCUT2D eigenvalue weighted by molar-refractivity contribution is 5.96. The number of nitrogens with zero attached hydrogens (tertiary/aromatic N) is 1. The second-order valence-electron chi connectivity index (χ2n) is 4.27. The van der Waals surface area contributed by atoms with Crippen LogP contribution in [0.25, 0.3) is 11.0 Å². The molecule has 0 bridgehead atoms. The number of hydrogen-bond donors (Lipinski definition) is 2. The lowest BCUT2D eigenvalue weighted by atomic mass is 10.2. The highest BCUT2D eigenvalue weighted by atomic mass is 16.6. The average Bonchev–Trinajstić information content (AvgIpc) is 2.75. The van der Waals surface area contributed by atoms with Gasteiger partial charge in [0.15, 0.2) is 0 Å². The number of hydrogen-bond acceptors (Lipinski definition) is 3. The van der Waals surface area contributed by atoms with Gasteiger partial charge >= 0.3 is 0 Å². The van der Waals surface area contributed by atoms with Crippen molar-refractivity contribution >= 4 is 16.9 Å². The van der Waals surface area contributed by atoms with Crippen molar-refractivity contribution in [3.8, 4) is 0 Å². The number of amides is 1. The van der Waals surface area contributed by atoms with Crippen LogP contribution in [0.1, 0.15) is 24.2 Å². The Labute approximate surface area is 99.1 Å². The van der Waals surface area contributed by atoms with E-state index in [9.17, 15) is 4.79 Å². The van der Waals surface area contributed by atoms with E-state index < -0.39 is 0 Å². The van der Waals surface area contributed by atoms with Crippen LogP contribution in [0.2, 0.25) is 0 Å². The summed E-state index contributed by atoms with van der Waals surface area (Å²) in [5.74, 6) is 0.132. The Bertz CT molecular complexity index is 519. The topological polar surface area (TPSA) is 67.0 Å². The molecule has 2 rings (SSSR count). The van der Waals surface area contributed by atoms with Gasteiger partial charge in [0.05, 0.1) is 24.0 Å². The fourth-order valence-electron chi connectivity index (χ4n) is 1.41. The minimum Gasteiger partial charge on any atom is -0.345 e. The SMILES string of the molecule is CC(C)CONC(=O)c1ccc2nc[nH]c2c1.